The third-order valence-corrected chi connectivity index (χ3v) is 11.2. The molecule has 2 nitrogen and oxygen atoms in total. The summed E-state index contributed by atoms with van der Waals surface area (Å²) in [7, 11) is 0. The van der Waals surface area contributed by atoms with E-state index >= 15 is 0 Å². The summed E-state index contributed by atoms with van der Waals surface area (Å²) in [5.74, 6) is 0.927. The molecular formula is C52H34N2. The van der Waals surface area contributed by atoms with Gasteiger partial charge in [-0.25, -0.2) is 4.98 Å². The predicted octanol–water partition coefficient (Wildman–Crippen LogP) is 14.1. The monoisotopic (exact) mass is 686 g/mol. The SMILES string of the molecule is Cc1ccc2cc(-c3c4ccccc4c(-c4cccc(-c5nc6c7ccccc7c7ccccc7c6n5-c5ccccc5)c4)c4ccccc34)ccc2c1. The Bertz CT molecular complexity index is 3220. The molecule has 11 aromatic rings. The summed E-state index contributed by atoms with van der Waals surface area (Å²) in [5.41, 5.74) is 10.5. The van der Waals surface area contributed by atoms with Crippen molar-refractivity contribution in [3.63, 3.8) is 0 Å². The van der Waals surface area contributed by atoms with Crippen LogP contribution < -0.4 is 0 Å². The van der Waals surface area contributed by atoms with E-state index in [4.69, 9.17) is 4.98 Å². The Labute approximate surface area is 313 Å². The highest BCUT2D eigenvalue weighted by Crippen LogP contribution is 2.45. The minimum atomic E-state index is 0.927. The second-order valence-electron chi connectivity index (χ2n) is 14.4. The first-order valence-electron chi connectivity index (χ1n) is 18.6. The van der Waals surface area contributed by atoms with Gasteiger partial charge in [0.15, 0.2) is 0 Å². The van der Waals surface area contributed by atoms with E-state index in [2.05, 4.69) is 200 Å². The smallest absolute Gasteiger partial charge is 0.145 e. The Hall–Kier alpha value is -7.03. The highest BCUT2D eigenvalue weighted by atomic mass is 15.1. The van der Waals surface area contributed by atoms with Crippen LogP contribution in [-0.2, 0) is 0 Å². The summed E-state index contributed by atoms with van der Waals surface area (Å²) in [6.07, 6.45) is 0. The van der Waals surface area contributed by atoms with Crippen molar-refractivity contribution < 1.29 is 0 Å². The van der Waals surface area contributed by atoms with Crippen molar-refractivity contribution in [3.8, 4) is 39.3 Å². The number of benzene rings is 10. The van der Waals surface area contributed by atoms with Gasteiger partial charge in [0.05, 0.1) is 11.0 Å². The molecule has 0 saturated heterocycles. The zero-order valence-electron chi connectivity index (χ0n) is 29.8. The van der Waals surface area contributed by atoms with Gasteiger partial charge in [-0.3, -0.25) is 4.57 Å². The lowest BCUT2D eigenvalue weighted by Crippen LogP contribution is -1.98. The highest BCUT2D eigenvalue weighted by Gasteiger charge is 2.22. The molecule has 10 aromatic carbocycles. The van der Waals surface area contributed by atoms with Crippen LogP contribution in [0.4, 0.5) is 0 Å². The lowest BCUT2D eigenvalue weighted by Gasteiger charge is -2.18. The molecule has 0 saturated carbocycles. The Morgan fingerprint density at radius 2 is 0.870 bits per heavy atom. The quantitative estimate of drug-likeness (QED) is 0.133. The van der Waals surface area contributed by atoms with Crippen LogP contribution in [0.15, 0.2) is 188 Å². The van der Waals surface area contributed by atoms with Gasteiger partial charge in [0.1, 0.15) is 5.82 Å². The van der Waals surface area contributed by atoms with Crippen molar-refractivity contribution in [2.45, 2.75) is 6.92 Å². The van der Waals surface area contributed by atoms with E-state index in [-0.39, 0.29) is 0 Å². The van der Waals surface area contributed by atoms with Gasteiger partial charge in [-0.05, 0) is 96.5 Å². The van der Waals surface area contributed by atoms with Gasteiger partial charge in [-0.1, -0.05) is 169 Å². The molecule has 0 bridgehead atoms. The number of hydrogen-bond acceptors (Lipinski definition) is 1. The predicted molar refractivity (Wildman–Crippen MR) is 230 cm³/mol. The normalized spacial score (nSPS) is 11.8. The largest absolute Gasteiger partial charge is 0.292 e. The standard InChI is InChI=1S/C52H34N2/c1-33-26-27-35-31-37(29-28-34(35)30-33)49-44-22-9-7-20-42(44)48(43-21-8-10-23-45(43)49)36-14-13-15-38(32-36)52-53-50-46-24-11-5-18-40(46)41-19-6-12-25-47(41)51(50)54(52)39-16-3-2-4-17-39/h2-32H,1H3. The fourth-order valence-electron chi connectivity index (χ4n) is 8.81. The van der Waals surface area contributed by atoms with Crippen LogP contribution in [0.1, 0.15) is 5.56 Å². The Balaban J connectivity index is 1.19. The van der Waals surface area contributed by atoms with Crippen LogP contribution in [0.3, 0.4) is 0 Å². The number of rotatable bonds is 4. The second kappa shape index (κ2) is 12.0. The number of fused-ring (bicyclic) bond motifs is 9. The van der Waals surface area contributed by atoms with Crippen molar-refractivity contribution in [2.75, 3.05) is 0 Å². The van der Waals surface area contributed by atoms with Gasteiger partial charge in [0.25, 0.3) is 0 Å². The van der Waals surface area contributed by atoms with Crippen LogP contribution >= 0.6 is 0 Å². The molecule has 1 heterocycles. The van der Waals surface area contributed by atoms with Crippen LogP contribution in [0, 0.1) is 6.92 Å². The molecule has 0 radical (unpaired) electrons. The van der Waals surface area contributed by atoms with E-state index in [1.165, 1.54) is 76.3 Å². The first-order chi connectivity index (χ1) is 26.7. The molecule has 0 atom stereocenters. The van der Waals surface area contributed by atoms with Crippen molar-refractivity contribution in [1.82, 2.24) is 9.55 Å². The van der Waals surface area contributed by atoms with Gasteiger partial charge >= 0.3 is 0 Å². The van der Waals surface area contributed by atoms with Crippen LogP contribution in [-0.4, -0.2) is 9.55 Å². The average Bonchev–Trinajstić information content (AvgIpc) is 3.64. The second-order valence-corrected chi connectivity index (χ2v) is 14.4. The minimum Gasteiger partial charge on any atom is -0.292 e. The minimum absolute atomic E-state index is 0.927. The molecule has 0 amide bonds. The van der Waals surface area contributed by atoms with Gasteiger partial charge < -0.3 is 0 Å². The molecule has 0 N–H and O–H groups in total. The zero-order chi connectivity index (χ0) is 35.8. The van der Waals surface area contributed by atoms with E-state index in [1.54, 1.807) is 0 Å². The van der Waals surface area contributed by atoms with Crippen LogP contribution in [0.2, 0.25) is 0 Å². The molecule has 0 spiro atoms. The molecule has 2 heteroatoms. The molecule has 0 aliphatic carbocycles. The Morgan fingerprint density at radius 1 is 0.370 bits per heavy atom. The number of para-hydroxylation sites is 1. The van der Waals surface area contributed by atoms with Gasteiger partial charge in [-0.15, -0.1) is 0 Å². The third kappa shape index (κ3) is 4.63. The van der Waals surface area contributed by atoms with Crippen LogP contribution in [0.25, 0.3) is 104 Å². The summed E-state index contributed by atoms with van der Waals surface area (Å²) < 4.78 is 2.36. The molecule has 11 rings (SSSR count). The molecular weight excluding hydrogens is 653 g/mol. The molecule has 252 valence electrons. The lowest BCUT2D eigenvalue weighted by molar-refractivity contribution is 1.11. The van der Waals surface area contributed by atoms with Crippen molar-refractivity contribution in [1.29, 1.82) is 0 Å². The highest BCUT2D eigenvalue weighted by molar-refractivity contribution is 6.25. The zero-order valence-corrected chi connectivity index (χ0v) is 29.8. The van der Waals surface area contributed by atoms with Crippen molar-refractivity contribution in [3.05, 3.63) is 194 Å². The summed E-state index contributed by atoms with van der Waals surface area (Å²) in [5, 5.41) is 12.3. The molecule has 0 unspecified atom stereocenters. The van der Waals surface area contributed by atoms with E-state index in [0.29, 0.717) is 0 Å². The number of aromatic nitrogens is 2. The lowest BCUT2D eigenvalue weighted by atomic mass is 9.85. The number of hydrogen-bond donors (Lipinski definition) is 0. The Kier molecular flexibility index (Phi) is 6.80. The average molecular weight is 687 g/mol. The topological polar surface area (TPSA) is 17.8 Å². The van der Waals surface area contributed by atoms with E-state index in [0.717, 1.165) is 33.5 Å². The number of imidazole rings is 1. The van der Waals surface area contributed by atoms with Gasteiger partial charge in [0, 0.05) is 22.0 Å². The molecule has 0 fully saturated rings. The first-order valence-corrected chi connectivity index (χ1v) is 18.6. The molecule has 0 aliphatic rings. The van der Waals surface area contributed by atoms with Crippen molar-refractivity contribution in [2.24, 2.45) is 0 Å². The molecule has 0 aliphatic heterocycles. The third-order valence-electron chi connectivity index (χ3n) is 11.2. The van der Waals surface area contributed by atoms with Gasteiger partial charge in [0.2, 0.25) is 0 Å². The maximum absolute atomic E-state index is 5.54. The maximum atomic E-state index is 5.54. The van der Waals surface area contributed by atoms with E-state index < -0.39 is 0 Å². The number of aryl methyl sites for hydroxylation is 1. The van der Waals surface area contributed by atoms with Crippen molar-refractivity contribution >= 4 is 64.9 Å². The fourth-order valence-corrected chi connectivity index (χ4v) is 8.81. The first kappa shape index (κ1) is 30.6. The molecule has 1 aromatic heterocycles. The molecule has 54 heavy (non-hydrogen) atoms. The summed E-state index contributed by atoms with van der Waals surface area (Å²) >= 11 is 0. The maximum Gasteiger partial charge on any atom is 0.145 e. The van der Waals surface area contributed by atoms with Gasteiger partial charge in [-0.2, -0.15) is 0 Å². The van der Waals surface area contributed by atoms with E-state index in [9.17, 15) is 0 Å². The van der Waals surface area contributed by atoms with E-state index in [1.807, 2.05) is 0 Å². The fraction of sp³-hybridized carbons (Fsp3) is 0.0192. The summed E-state index contributed by atoms with van der Waals surface area (Å²) in [6.45, 7) is 2.16. The summed E-state index contributed by atoms with van der Waals surface area (Å²) in [4.78, 5) is 5.54. The number of nitrogens with zero attached hydrogens (tertiary/aromatic N) is 2. The Morgan fingerprint density at radius 3 is 1.54 bits per heavy atom. The summed E-state index contributed by atoms with van der Waals surface area (Å²) in [6, 6.07) is 68.6. The van der Waals surface area contributed by atoms with Crippen LogP contribution in [0.5, 0.6) is 0 Å².